The Balaban J connectivity index is 0.00000300. The molecule has 0 bridgehead atoms. The van der Waals surface area contributed by atoms with Crippen molar-refractivity contribution in [1.29, 1.82) is 0 Å². The van der Waals surface area contributed by atoms with Gasteiger partial charge in [0.15, 0.2) is 0 Å². The summed E-state index contributed by atoms with van der Waals surface area (Å²) in [6, 6.07) is 7.07. The Labute approximate surface area is 180 Å². The Morgan fingerprint density at radius 1 is 1.31 bits per heavy atom. The standard InChI is InChI=1S/C21H30N2O4S.ClH/c1-16-5-3-7-20(13-16)28(26,27)22(2)18-9-10-19(14-18)23-12-4-6-17(15-23)8-11-21(24)25;/h3,5,7,9-10,13,17-19H,4,6,8,11-12,14-15H2,1-2H3,(H,24,25);1H/t17?,18-,19?;/m1./s1. The third-order valence-electron chi connectivity index (χ3n) is 5.96. The molecule has 0 aromatic heterocycles. The predicted octanol–water partition coefficient (Wildman–Crippen LogP) is 3.31. The number of hydrogen-bond acceptors (Lipinski definition) is 4. The van der Waals surface area contributed by atoms with Crippen molar-refractivity contribution < 1.29 is 18.3 Å². The van der Waals surface area contributed by atoms with Crippen LogP contribution in [0.2, 0.25) is 0 Å². The molecule has 8 heteroatoms. The van der Waals surface area contributed by atoms with Crippen LogP contribution in [-0.2, 0) is 14.8 Å². The van der Waals surface area contributed by atoms with Gasteiger partial charge in [0.1, 0.15) is 0 Å². The lowest BCUT2D eigenvalue weighted by atomic mass is 9.92. The number of carboxylic acids is 1. The van der Waals surface area contributed by atoms with Crippen molar-refractivity contribution in [1.82, 2.24) is 9.21 Å². The summed E-state index contributed by atoms with van der Waals surface area (Å²) in [6.45, 7) is 3.77. The van der Waals surface area contributed by atoms with Crippen molar-refractivity contribution in [3.63, 3.8) is 0 Å². The number of rotatable bonds is 7. The van der Waals surface area contributed by atoms with E-state index in [-0.39, 0.29) is 30.9 Å². The molecule has 6 nitrogen and oxygen atoms in total. The molecular formula is C21H31ClN2O4S. The molecule has 0 spiro atoms. The lowest BCUT2D eigenvalue weighted by Gasteiger charge is -2.37. The van der Waals surface area contributed by atoms with Gasteiger partial charge < -0.3 is 5.11 Å². The molecule has 0 saturated carbocycles. The number of hydrogen-bond donors (Lipinski definition) is 1. The van der Waals surface area contributed by atoms with Crippen LogP contribution in [0.1, 0.15) is 37.7 Å². The fourth-order valence-corrected chi connectivity index (χ4v) is 5.71. The Hall–Kier alpha value is -1.41. The van der Waals surface area contributed by atoms with Crippen molar-refractivity contribution in [2.45, 2.75) is 56.0 Å². The summed E-state index contributed by atoms with van der Waals surface area (Å²) in [7, 11) is -1.88. The zero-order valence-corrected chi connectivity index (χ0v) is 18.7. The summed E-state index contributed by atoms with van der Waals surface area (Å²) in [4.78, 5) is 13.6. The first kappa shape index (κ1) is 23.9. The quantitative estimate of drug-likeness (QED) is 0.655. The second-order valence-corrected chi connectivity index (χ2v) is 10.0. The Morgan fingerprint density at radius 3 is 2.76 bits per heavy atom. The molecule has 29 heavy (non-hydrogen) atoms. The predicted molar refractivity (Wildman–Crippen MR) is 116 cm³/mol. The number of piperidine rings is 1. The second-order valence-electron chi connectivity index (χ2n) is 8.03. The van der Waals surface area contributed by atoms with Crippen LogP contribution in [0.15, 0.2) is 41.3 Å². The molecule has 1 heterocycles. The first-order chi connectivity index (χ1) is 13.3. The number of nitrogens with zero attached hydrogens (tertiary/aromatic N) is 2. The van der Waals surface area contributed by atoms with Crippen LogP contribution in [0, 0.1) is 12.8 Å². The van der Waals surface area contributed by atoms with Crippen LogP contribution < -0.4 is 0 Å². The summed E-state index contributed by atoms with van der Waals surface area (Å²) >= 11 is 0. The average Bonchev–Trinajstić information content (AvgIpc) is 3.16. The maximum absolute atomic E-state index is 13.0. The molecule has 0 radical (unpaired) electrons. The van der Waals surface area contributed by atoms with Crippen molar-refractivity contribution in [2.24, 2.45) is 5.92 Å². The molecule has 162 valence electrons. The van der Waals surface area contributed by atoms with Crippen LogP contribution in [-0.4, -0.2) is 60.9 Å². The minimum absolute atomic E-state index is 0. The monoisotopic (exact) mass is 442 g/mol. The molecule has 1 saturated heterocycles. The highest BCUT2D eigenvalue weighted by Crippen LogP contribution is 2.29. The lowest BCUT2D eigenvalue weighted by Crippen LogP contribution is -2.43. The van der Waals surface area contributed by atoms with Gasteiger partial charge in [-0.1, -0.05) is 24.3 Å². The number of aryl methyl sites for hydroxylation is 1. The topological polar surface area (TPSA) is 77.9 Å². The highest BCUT2D eigenvalue weighted by molar-refractivity contribution is 7.89. The first-order valence-corrected chi connectivity index (χ1v) is 11.4. The largest absolute Gasteiger partial charge is 0.481 e. The molecule has 1 aliphatic carbocycles. The molecule has 1 aliphatic heterocycles. The molecule has 2 unspecified atom stereocenters. The minimum atomic E-state index is -3.53. The maximum atomic E-state index is 13.0. The molecular weight excluding hydrogens is 412 g/mol. The third-order valence-corrected chi connectivity index (χ3v) is 7.84. The van der Waals surface area contributed by atoms with Gasteiger partial charge in [0, 0.05) is 32.1 Å². The number of sulfonamides is 1. The Morgan fingerprint density at radius 2 is 2.07 bits per heavy atom. The van der Waals surface area contributed by atoms with Gasteiger partial charge in [-0.05, 0) is 62.8 Å². The van der Waals surface area contributed by atoms with Gasteiger partial charge in [0.2, 0.25) is 10.0 Å². The van der Waals surface area contributed by atoms with Crippen molar-refractivity contribution >= 4 is 28.4 Å². The fourth-order valence-electron chi connectivity index (χ4n) is 4.28. The van der Waals surface area contributed by atoms with Gasteiger partial charge in [-0.25, -0.2) is 8.42 Å². The van der Waals surface area contributed by atoms with Gasteiger partial charge in [0.25, 0.3) is 0 Å². The van der Waals surface area contributed by atoms with Crippen LogP contribution in [0.5, 0.6) is 0 Å². The Kier molecular flexibility index (Phi) is 8.28. The molecule has 3 rings (SSSR count). The molecule has 3 atom stereocenters. The van der Waals surface area contributed by atoms with Crippen LogP contribution in [0.3, 0.4) is 0 Å². The summed E-state index contributed by atoms with van der Waals surface area (Å²) in [6.07, 6.45) is 7.94. The van der Waals surface area contributed by atoms with Gasteiger partial charge >= 0.3 is 5.97 Å². The average molecular weight is 443 g/mol. The van der Waals surface area contributed by atoms with Crippen molar-refractivity contribution in [3.05, 3.63) is 42.0 Å². The van der Waals surface area contributed by atoms with Crippen LogP contribution in [0.25, 0.3) is 0 Å². The normalized spacial score (nSPS) is 25.1. The summed E-state index contributed by atoms with van der Waals surface area (Å²) in [5, 5.41) is 8.92. The van der Waals surface area contributed by atoms with E-state index in [1.165, 1.54) is 4.31 Å². The summed E-state index contributed by atoms with van der Waals surface area (Å²) in [5.41, 5.74) is 0.926. The molecule has 1 aromatic carbocycles. The number of likely N-dealkylation sites (N-methyl/N-ethyl adjacent to an activating group) is 1. The first-order valence-electron chi connectivity index (χ1n) is 9.96. The van der Waals surface area contributed by atoms with E-state index in [2.05, 4.69) is 11.0 Å². The van der Waals surface area contributed by atoms with E-state index in [1.807, 2.05) is 19.1 Å². The van der Waals surface area contributed by atoms with Crippen molar-refractivity contribution in [3.8, 4) is 0 Å². The number of halogens is 1. The van der Waals surface area contributed by atoms with Crippen molar-refractivity contribution in [2.75, 3.05) is 20.1 Å². The molecule has 1 fully saturated rings. The fraction of sp³-hybridized carbons (Fsp3) is 0.571. The van der Waals surface area contributed by atoms with Gasteiger partial charge in [-0.2, -0.15) is 4.31 Å². The van der Waals surface area contributed by atoms with Crippen LogP contribution in [0.4, 0.5) is 0 Å². The molecule has 2 aliphatic rings. The van der Waals surface area contributed by atoms with E-state index < -0.39 is 16.0 Å². The van der Waals surface area contributed by atoms with E-state index in [9.17, 15) is 13.2 Å². The number of benzene rings is 1. The smallest absolute Gasteiger partial charge is 0.303 e. The summed E-state index contributed by atoms with van der Waals surface area (Å²) < 4.78 is 27.4. The van der Waals surface area contributed by atoms with E-state index in [1.54, 1.807) is 25.2 Å². The molecule has 0 amide bonds. The number of carboxylic acid groups (broad SMARTS) is 1. The van der Waals surface area contributed by atoms with Gasteiger partial charge in [-0.15, -0.1) is 12.4 Å². The second kappa shape index (κ2) is 10.1. The number of aliphatic carboxylic acids is 1. The van der Waals surface area contributed by atoms with E-state index >= 15 is 0 Å². The van der Waals surface area contributed by atoms with E-state index in [0.29, 0.717) is 17.2 Å². The third kappa shape index (κ3) is 5.81. The molecule has 1 aromatic rings. The van der Waals surface area contributed by atoms with E-state index in [0.717, 1.165) is 37.9 Å². The SMILES string of the molecule is Cc1cccc(S(=O)(=O)N(C)[C@@H]2C=CC(N3CCCC(CCC(=O)O)C3)C2)c1.Cl. The number of carbonyl (C=O) groups is 1. The minimum Gasteiger partial charge on any atom is -0.481 e. The highest BCUT2D eigenvalue weighted by atomic mass is 35.5. The zero-order valence-electron chi connectivity index (χ0n) is 17.0. The van der Waals surface area contributed by atoms with Crippen LogP contribution >= 0.6 is 12.4 Å². The summed E-state index contributed by atoms with van der Waals surface area (Å²) in [5.74, 6) is -0.327. The lowest BCUT2D eigenvalue weighted by molar-refractivity contribution is -0.137. The maximum Gasteiger partial charge on any atom is 0.303 e. The molecule has 1 N–H and O–H groups in total. The van der Waals surface area contributed by atoms with Gasteiger partial charge in [0.05, 0.1) is 4.90 Å². The number of likely N-dealkylation sites (tertiary alicyclic amines) is 1. The Bertz CT molecular complexity index is 843. The van der Waals surface area contributed by atoms with Gasteiger partial charge in [-0.3, -0.25) is 9.69 Å². The zero-order chi connectivity index (χ0) is 20.3. The van der Waals surface area contributed by atoms with E-state index in [4.69, 9.17) is 5.11 Å². The highest BCUT2D eigenvalue weighted by Gasteiger charge is 2.34.